The molecule has 1 aliphatic carbocycles. The summed E-state index contributed by atoms with van der Waals surface area (Å²) in [7, 11) is -0.653. The summed E-state index contributed by atoms with van der Waals surface area (Å²) >= 11 is 0. The topological polar surface area (TPSA) is 90.7 Å². The number of hydrogen-bond acceptors (Lipinski definition) is 5. The second-order valence-electron chi connectivity index (χ2n) is 6.22. The molecule has 0 heterocycles. The molecule has 0 atom stereocenters. The number of ether oxygens (including phenoxy) is 2. The number of nitrogens with two attached hydrogens (primary N) is 1. The predicted molar refractivity (Wildman–Crippen MR) is 96.7 cm³/mol. The van der Waals surface area contributed by atoms with Gasteiger partial charge in [0.25, 0.3) is 0 Å². The monoisotopic (exact) mass is 378 g/mol. The van der Waals surface area contributed by atoms with E-state index in [0.717, 1.165) is 25.7 Å². The lowest BCUT2D eigenvalue weighted by Crippen LogP contribution is -2.51. The maximum atomic E-state index is 12.6. The van der Waals surface area contributed by atoms with Crippen LogP contribution in [0.4, 0.5) is 0 Å². The van der Waals surface area contributed by atoms with E-state index in [4.69, 9.17) is 15.2 Å². The molecule has 6 nitrogen and oxygen atoms in total. The summed E-state index contributed by atoms with van der Waals surface area (Å²) in [5, 5.41) is 0. The maximum absolute atomic E-state index is 12.6. The number of nitrogens with one attached hydrogen (secondary N) is 1. The van der Waals surface area contributed by atoms with Gasteiger partial charge < -0.3 is 15.2 Å². The first-order valence-electron chi connectivity index (χ1n) is 7.82. The number of sulfonamides is 1. The molecule has 1 fully saturated rings. The normalized spacial score (nSPS) is 17.0. The van der Waals surface area contributed by atoms with Gasteiger partial charge in [-0.25, -0.2) is 13.1 Å². The molecule has 1 aromatic carbocycles. The Labute approximate surface area is 150 Å². The molecule has 0 spiro atoms. The summed E-state index contributed by atoms with van der Waals surface area (Å²) < 4.78 is 38.3. The average Bonchev–Trinajstić information content (AvgIpc) is 2.53. The van der Waals surface area contributed by atoms with E-state index in [1.807, 2.05) is 0 Å². The Hall–Kier alpha value is -1.02. The molecule has 0 saturated heterocycles. The van der Waals surface area contributed by atoms with Crippen molar-refractivity contribution in [3.8, 4) is 11.5 Å². The fourth-order valence-corrected chi connectivity index (χ4v) is 4.38. The first-order valence-corrected chi connectivity index (χ1v) is 9.31. The quantitative estimate of drug-likeness (QED) is 0.793. The highest BCUT2D eigenvalue weighted by molar-refractivity contribution is 7.89. The molecule has 0 amide bonds. The lowest BCUT2D eigenvalue weighted by molar-refractivity contribution is 0.296. The van der Waals surface area contributed by atoms with Crippen LogP contribution in [0, 0.1) is 6.92 Å². The first kappa shape index (κ1) is 21.0. The summed E-state index contributed by atoms with van der Waals surface area (Å²) in [6.07, 6.45) is 4.96. The van der Waals surface area contributed by atoms with Crippen LogP contribution in [0.25, 0.3) is 0 Å². The summed E-state index contributed by atoms with van der Waals surface area (Å²) in [4.78, 5) is 0.189. The van der Waals surface area contributed by atoms with Crippen molar-refractivity contribution in [1.82, 2.24) is 4.72 Å². The van der Waals surface area contributed by atoms with Crippen molar-refractivity contribution in [2.75, 3.05) is 20.8 Å². The summed E-state index contributed by atoms with van der Waals surface area (Å²) in [5.74, 6) is 0.894. The van der Waals surface area contributed by atoms with Crippen LogP contribution in [0.1, 0.15) is 37.7 Å². The van der Waals surface area contributed by atoms with Gasteiger partial charge in [0.2, 0.25) is 10.0 Å². The van der Waals surface area contributed by atoms with Gasteiger partial charge >= 0.3 is 0 Å². The Morgan fingerprint density at radius 2 is 1.67 bits per heavy atom. The zero-order valence-electron chi connectivity index (χ0n) is 14.4. The van der Waals surface area contributed by atoms with E-state index in [0.29, 0.717) is 17.1 Å². The molecule has 1 aliphatic rings. The highest BCUT2D eigenvalue weighted by Gasteiger charge is 2.30. The highest BCUT2D eigenvalue weighted by atomic mass is 35.5. The Morgan fingerprint density at radius 3 is 2.21 bits per heavy atom. The van der Waals surface area contributed by atoms with Crippen molar-refractivity contribution in [2.24, 2.45) is 5.73 Å². The lowest BCUT2D eigenvalue weighted by Gasteiger charge is -2.33. The van der Waals surface area contributed by atoms with Crippen LogP contribution in [0.2, 0.25) is 0 Å². The van der Waals surface area contributed by atoms with Crippen LogP contribution in [0.3, 0.4) is 0 Å². The number of hydrogen-bond donors (Lipinski definition) is 2. The molecule has 8 heteroatoms. The minimum absolute atomic E-state index is 0. The molecular formula is C16H27ClN2O4S. The number of methoxy groups -OCH3 is 2. The van der Waals surface area contributed by atoms with Crippen molar-refractivity contribution in [3.63, 3.8) is 0 Å². The molecule has 3 N–H and O–H groups in total. The molecule has 0 radical (unpaired) electrons. The third-order valence-corrected chi connectivity index (χ3v) is 5.98. The molecule has 0 aromatic heterocycles. The maximum Gasteiger partial charge on any atom is 0.241 e. The van der Waals surface area contributed by atoms with Gasteiger partial charge in [-0.2, -0.15) is 0 Å². The van der Waals surface area contributed by atoms with Crippen LogP contribution in [-0.2, 0) is 10.0 Å². The molecule has 138 valence electrons. The molecule has 1 saturated carbocycles. The van der Waals surface area contributed by atoms with Crippen molar-refractivity contribution in [1.29, 1.82) is 0 Å². The van der Waals surface area contributed by atoms with Crippen molar-refractivity contribution < 1.29 is 17.9 Å². The Morgan fingerprint density at radius 1 is 1.12 bits per heavy atom. The number of benzene rings is 1. The van der Waals surface area contributed by atoms with Crippen LogP contribution in [-0.4, -0.2) is 34.7 Å². The predicted octanol–water partition coefficient (Wildman–Crippen LogP) is 2.37. The van der Waals surface area contributed by atoms with Crippen molar-refractivity contribution in [3.05, 3.63) is 17.7 Å². The third-order valence-electron chi connectivity index (χ3n) is 4.43. The lowest BCUT2D eigenvalue weighted by atomic mass is 9.83. The van der Waals surface area contributed by atoms with Crippen molar-refractivity contribution in [2.45, 2.75) is 49.5 Å². The van der Waals surface area contributed by atoms with E-state index in [1.54, 1.807) is 13.0 Å². The minimum atomic E-state index is -3.65. The van der Waals surface area contributed by atoms with E-state index in [-0.39, 0.29) is 23.8 Å². The molecule has 2 rings (SSSR count). The van der Waals surface area contributed by atoms with Gasteiger partial charge in [0, 0.05) is 18.2 Å². The number of halogens is 1. The molecular weight excluding hydrogens is 352 g/mol. The Balaban J connectivity index is 0.00000288. The van der Waals surface area contributed by atoms with Gasteiger partial charge in [-0.1, -0.05) is 19.3 Å². The van der Waals surface area contributed by atoms with Crippen LogP contribution >= 0.6 is 12.4 Å². The fourth-order valence-electron chi connectivity index (χ4n) is 3.00. The summed E-state index contributed by atoms with van der Waals surface area (Å²) in [5.41, 5.74) is 6.47. The van der Waals surface area contributed by atoms with Gasteiger partial charge in [0.1, 0.15) is 0 Å². The van der Waals surface area contributed by atoms with E-state index < -0.39 is 15.6 Å². The summed E-state index contributed by atoms with van der Waals surface area (Å²) in [6.45, 7) is 1.98. The van der Waals surface area contributed by atoms with Crippen LogP contribution in [0.15, 0.2) is 17.0 Å². The van der Waals surface area contributed by atoms with Gasteiger partial charge in [-0.15, -0.1) is 12.4 Å². The molecule has 0 aliphatic heterocycles. The SMILES string of the molecule is COc1cc(C)c(S(=O)(=O)NCC2(N)CCCCC2)cc1OC.Cl. The minimum Gasteiger partial charge on any atom is -0.493 e. The van der Waals surface area contributed by atoms with E-state index in [2.05, 4.69) is 4.72 Å². The zero-order valence-corrected chi connectivity index (χ0v) is 16.1. The average molecular weight is 379 g/mol. The first-order chi connectivity index (χ1) is 10.8. The standard InChI is InChI=1S/C16H26N2O4S.ClH/c1-12-9-13(21-2)14(22-3)10-15(12)23(19,20)18-11-16(17)7-5-4-6-8-16;/h9-10,18H,4-8,11,17H2,1-3H3;1H. The van der Waals surface area contributed by atoms with Gasteiger partial charge in [-0.05, 0) is 31.4 Å². The van der Waals surface area contributed by atoms with E-state index >= 15 is 0 Å². The Kier molecular flexibility index (Phi) is 7.34. The molecule has 0 unspecified atom stereocenters. The smallest absolute Gasteiger partial charge is 0.241 e. The van der Waals surface area contributed by atoms with Gasteiger partial charge in [0.15, 0.2) is 11.5 Å². The van der Waals surface area contributed by atoms with Crippen LogP contribution < -0.4 is 19.9 Å². The largest absolute Gasteiger partial charge is 0.493 e. The summed E-state index contributed by atoms with van der Waals surface area (Å²) in [6, 6.07) is 3.15. The number of rotatable bonds is 6. The third kappa shape index (κ3) is 4.75. The molecule has 1 aromatic rings. The fraction of sp³-hybridized carbons (Fsp3) is 0.625. The number of aryl methyl sites for hydroxylation is 1. The van der Waals surface area contributed by atoms with Gasteiger partial charge in [-0.3, -0.25) is 0 Å². The highest BCUT2D eigenvalue weighted by Crippen LogP contribution is 2.32. The van der Waals surface area contributed by atoms with E-state index in [1.165, 1.54) is 26.7 Å². The van der Waals surface area contributed by atoms with Crippen molar-refractivity contribution >= 4 is 22.4 Å². The zero-order chi connectivity index (χ0) is 17.1. The molecule has 24 heavy (non-hydrogen) atoms. The Bertz CT molecular complexity index is 658. The van der Waals surface area contributed by atoms with Crippen LogP contribution in [0.5, 0.6) is 11.5 Å². The second-order valence-corrected chi connectivity index (χ2v) is 7.96. The van der Waals surface area contributed by atoms with Gasteiger partial charge in [0.05, 0.1) is 19.1 Å². The second kappa shape index (κ2) is 8.38. The molecule has 0 bridgehead atoms. The van der Waals surface area contributed by atoms with E-state index in [9.17, 15) is 8.42 Å².